The van der Waals surface area contributed by atoms with Gasteiger partial charge in [0.1, 0.15) is 11.5 Å². The largest absolute Gasteiger partial charge is 0.496 e. The first-order valence-electron chi connectivity index (χ1n) is 5.57. The molecular formula is C13H14N2O3. The molecule has 0 saturated heterocycles. The number of hydrogen-bond donors (Lipinski definition) is 0. The molecule has 0 saturated carbocycles. The van der Waals surface area contributed by atoms with Crippen LogP contribution in [0.15, 0.2) is 22.7 Å². The Bertz CT molecular complexity index is 575. The molecule has 5 heteroatoms. The molecule has 1 aromatic heterocycles. The molecule has 0 N–H and O–H groups in total. The normalized spacial score (nSPS) is 10.4. The quantitative estimate of drug-likeness (QED) is 0.827. The Hall–Kier alpha value is -2.17. The van der Waals surface area contributed by atoms with Gasteiger partial charge in [-0.15, -0.1) is 0 Å². The summed E-state index contributed by atoms with van der Waals surface area (Å²) in [6.45, 7) is 3.43. The summed E-state index contributed by atoms with van der Waals surface area (Å²) in [5.41, 5.74) is 1.83. The van der Waals surface area contributed by atoms with Crippen LogP contribution < -0.4 is 4.74 Å². The lowest BCUT2D eigenvalue weighted by atomic mass is 10.1. The highest BCUT2D eigenvalue weighted by molar-refractivity contribution is 5.77. The minimum atomic E-state index is -0.00360. The van der Waals surface area contributed by atoms with Gasteiger partial charge in [-0.25, -0.2) is 0 Å². The summed E-state index contributed by atoms with van der Waals surface area (Å²) in [6, 6.07) is 5.63. The predicted molar refractivity (Wildman–Crippen MR) is 65.4 cm³/mol. The summed E-state index contributed by atoms with van der Waals surface area (Å²) in [5, 5.41) is 3.86. The Morgan fingerprint density at radius 3 is 2.83 bits per heavy atom. The molecule has 0 amide bonds. The Morgan fingerprint density at radius 1 is 1.44 bits per heavy atom. The van der Waals surface area contributed by atoms with E-state index in [9.17, 15) is 4.79 Å². The van der Waals surface area contributed by atoms with Crippen LogP contribution >= 0.6 is 0 Å². The third-order valence-electron chi connectivity index (χ3n) is 2.52. The third-order valence-corrected chi connectivity index (χ3v) is 2.52. The number of hydrogen-bond acceptors (Lipinski definition) is 5. The molecule has 1 heterocycles. The van der Waals surface area contributed by atoms with E-state index in [1.165, 1.54) is 6.92 Å². The van der Waals surface area contributed by atoms with Gasteiger partial charge in [-0.05, 0) is 37.6 Å². The van der Waals surface area contributed by atoms with E-state index in [-0.39, 0.29) is 12.2 Å². The van der Waals surface area contributed by atoms with Gasteiger partial charge in [-0.1, -0.05) is 5.16 Å². The highest BCUT2D eigenvalue weighted by Gasteiger charge is 2.11. The third kappa shape index (κ3) is 2.56. The van der Waals surface area contributed by atoms with Crippen molar-refractivity contribution in [2.45, 2.75) is 20.3 Å². The van der Waals surface area contributed by atoms with Crippen molar-refractivity contribution in [2.75, 3.05) is 7.11 Å². The predicted octanol–water partition coefficient (Wildman–Crippen LogP) is 2.19. The van der Waals surface area contributed by atoms with Crippen LogP contribution in [0.25, 0.3) is 11.4 Å². The van der Waals surface area contributed by atoms with Gasteiger partial charge in [0.05, 0.1) is 13.5 Å². The Kier molecular flexibility index (Phi) is 3.41. The number of carbonyl (C=O) groups is 1. The molecule has 1 aromatic carbocycles. The van der Waals surface area contributed by atoms with Crippen LogP contribution in [0.4, 0.5) is 0 Å². The lowest BCUT2D eigenvalue weighted by Crippen LogP contribution is -1.96. The highest BCUT2D eigenvalue weighted by atomic mass is 16.5. The average molecular weight is 246 g/mol. The van der Waals surface area contributed by atoms with Crippen molar-refractivity contribution >= 4 is 5.78 Å². The molecule has 0 aliphatic heterocycles. The van der Waals surface area contributed by atoms with E-state index >= 15 is 0 Å². The van der Waals surface area contributed by atoms with Gasteiger partial charge >= 0.3 is 0 Å². The number of carbonyl (C=O) groups excluding carboxylic acids is 1. The van der Waals surface area contributed by atoms with E-state index in [0.29, 0.717) is 11.7 Å². The summed E-state index contributed by atoms with van der Waals surface area (Å²) >= 11 is 0. The summed E-state index contributed by atoms with van der Waals surface area (Å²) in [7, 11) is 1.63. The number of benzene rings is 1. The van der Waals surface area contributed by atoms with Crippen molar-refractivity contribution in [3.05, 3.63) is 29.7 Å². The van der Waals surface area contributed by atoms with Crippen LogP contribution in [0.1, 0.15) is 18.4 Å². The van der Waals surface area contributed by atoms with Crippen LogP contribution in [0.5, 0.6) is 5.75 Å². The van der Waals surface area contributed by atoms with Gasteiger partial charge in [-0.3, -0.25) is 4.79 Å². The standard InChI is InChI=1S/C13H14N2O3/c1-8-6-10(4-5-11(8)17-3)13-14-12(18-15-13)7-9(2)16/h4-6H,7H2,1-3H3. The first kappa shape index (κ1) is 12.3. The number of nitrogens with zero attached hydrogens (tertiary/aromatic N) is 2. The minimum Gasteiger partial charge on any atom is -0.496 e. The summed E-state index contributed by atoms with van der Waals surface area (Å²) < 4.78 is 10.2. The molecule has 0 atom stereocenters. The number of ether oxygens (including phenoxy) is 1. The Labute approximate surface area is 105 Å². The maximum atomic E-state index is 11.0. The first-order chi connectivity index (χ1) is 8.60. The van der Waals surface area contributed by atoms with Crippen molar-refractivity contribution in [2.24, 2.45) is 0 Å². The molecule has 0 unspecified atom stereocenters. The van der Waals surface area contributed by atoms with Crippen LogP contribution in [0.3, 0.4) is 0 Å². The molecule has 0 spiro atoms. The molecule has 0 aliphatic carbocycles. The van der Waals surface area contributed by atoms with E-state index in [0.717, 1.165) is 16.9 Å². The number of aromatic nitrogens is 2. The highest BCUT2D eigenvalue weighted by Crippen LogP contribution is 2.24. The van der Waals surface area contributed by atoms with Gasteiger partial charge in [-0.2, -0.15) is 4.98 Å². The van der Waals surface area contributed by atoms with Crippen LogP contribution in [-0.2, 0) is 11.2 Å². The second-order valence-electron chi connectivity index (χ2n) is 4.07. The topological polar surface area (TPSA) is 65.2 Å². The Morgan fingerprint density at radius 2 is 2.22 bits per heavy atom. The maximum absolute atomic E-state index is 11.0. The molecule has 94 valence electrons. The van der Waals surface area contributed by atoms with Crippen molar-refractivity contribution in [1.29, 1.82) is 0 Å². The van der Waals surface area contributed by atoms with Gasteiger partial charge in [0.25, 0.3) is 0 Å². The monoisotopic (exact) mass is 246 g/mol. The zero-order valence-corrected chi connectivity index (χ0v) is 10.6. The van der Waals surface area contributed by atoms with Gasteiger partial charge in [0.15, 0.2) is 0 Å². The van der Waals surface area contributed by atoms with E-state index in [1.54, 1.807) is 7.11 Å². The van der Waals surface area contributed by atoms with Crippen LogP contribution in [0, 0.1) is 6.92 Å². The number of rotatable bonds is 4. The van der Waals surface area contributed by atoms with Crippen LogP contribution in [0.2, 0.25) is 0 Å². The van der Waals surface area contributed by atoms with Crippen molar-refractivity contribution in [3.8, 4) is 17.1 Å². The van der Waals surface area contributed by atoms with E-state index < -0.39 is 0 Å². The fourth-order valence-electron chi connectivity index (χ4n) is 1.67. The van der Waals surface area contributed by atoms with Crippen molar-refractivity contribution in [3.63, 3.8) is 0 Å². The molecule has 0 fully saturated rings. The van der Waals surface area contributed by atoms with Crippen molar-refractivity contribution in [1.82, 2.24) is 10.1 Å². The van der Waals surface area contributed by atoms with Gasteiger partial charge in [0, 0.05) is 5.56 Å². The molecule has 0 bridgehead atoms. The maximum Gasteiger partial charge on any atom is 0.234 e. The first-order valence-corrected chi connectivity index (χ1v) is 5.57. The Balaban J connectivity index is 2.28. The number of Topliss-reactive ketones (excluding diaryl/α,β-unsaturated/α-hetero) is 1. The summed E-state index contributed by atoms with van der Waals surface area (Å²) in [5.74, 6) is 1.63. The van der Waals surface area contributed by atoms with Gasteiger partial charge in [0.2, 0.25) is 11.7 Å². The smallest absolute Gasteiger partial charge is 0.234 e. The molecule has 0 radical (unpaired) electrons. The fraction of sp³-hybridized carbons (Fsp3) is 0.308. The zero-order valence-electron chi connectivity index (χ0n) is 10.6. The molecule has 2 aromatic rings. The fourth-order valence-corrected chi connectivity index (χ4v) is 1.67. The minimum absolute atomic E-state index is 0.00360. The molecule has 18 heavy (non-hydrogen) atoms. The summed E-state index contributed by atoms with van der Waals surface area (Å²) in [4.78, 5) is 15.1. The number of aryl methyl sites for hydroxylation is 1. The van der Waals surface area contributed by atoms with Gasteiger partial charge < -0.3 is 9.26 Å². The van der Waals surface area contributed by atoms with E-state index in [1.807, 2.05) is 25.1 Å². The molecule has 0 aliphatic rings. The number of ketones is 1. The molecule has 2 rings (SSSR count). The molecule has 5 nitrogen and oxygen atoms in total. The second kappa shape index (κ2) is 5.00. The van der Waals surface area contributed by atoms with Crippen LogP contribution in [-0.4, -0.2) is 23.0 Å². The molecular weight excluding hydrogens is 232 g/mol. The van der Waals surface area contributed by atoms with E-state index in [4.69, 9.17) is 9.26 Å². The lowest BCUT2D eigenvalue weighted by Gasteiger charge is -2.04. The second-order valence-corrected chi connectivity index (χ2v) is 4.07. The van der Waals surface area contributed by atoms with Crippen molar-refractivity contribution < 1.29 is 14.1 Å². The van der Waals surface area contributed by atoms with E-state index in [2.05, 4.69) is 10.1 Å². The average Bonchev–Trinajstić information content (AvgIpc) is 2.76. The summed E-state index contributed by atoms with van der Waals surface area (Å²) in [6.07, 6.45) is 0.169. The zero-order chi connectivity index (χ0) is 13.1. The lowest BCUT2D eigenvalue weighted by molar-refractivity contribution is -0.116. The SMILES string of the molecule is COc1ccc(-c2noc(CC(C)=O)n2)cc1C. The number of methoxy groups -OCH3 is 1.